The Hall–Kier alpha value is -0.560. The van der Waals surface area contributed by atoms with Crippen molar-refractivity contribution in [1.82, 2.24) is 9.62 Å². The van der Waals surface area contributed by atoms with E-state index in [0.29, 0.717) is 4.90 Å². The van der Waals surface area contributed by atoms with Gasteiger partial charge in [-0.05, 0) is 43.2 Å². The normalized spacial score (nSPS) is 20.9. The van der Waals surface area contributed by atoms with E-state index < -0.39 is 10.0 Å². The predicted molar refractivity (Wildman–Crippen MR) is 89.2 cm³/mol. The first-order valence-electron chi connectivity index (χ1n) is 7.28. The number of benzene rings is 1. The maximum Gasteiger partial charge on any atom is 0.242 e. The van der Waals surface area contributed by atoms with E-state index in [9.17, 15) is 8.42 Å². The van der Waals surface area contributed by atoms with Crippen LogP contribution in [0, 0.1) is 0 Å². The third kappa shape index (κ3) is 4.22. The second-order valence-corrected chi connectivity index (χ2v) is 9.18. The average Bonchev–Trinajstić information content (AvgIpc) is 2.98. The molecule has 0 aromatic heterocycles. The Bertz CT molecular complexity index is 550. The van der Waals surface area contributed by atoms with Crippen molar-refractivity contribution in [3.05, 3.63) is 29.8 Å². The highest BCUT2D eigenvalue weighted by Crippen LogP contribution is 2.26. The summed E-state index contributed by atoms with van der Waals surface area (Å²) >= 11 is 2.04. The van der Waals surface area contributed by atoms with Crippen molar-refractivity contribution in [1.29, 1.82) is 0 Å². The van der Waals surface area contributed by atoms with Gasteiger partial charge in [0, 0.05) is 31.9 Å². The summed E-state index contributed by atoms with van der Waals surface area (Å²) in [7, 11) is -0.239. The topological polar surface area (TPSA) is 49.4 Å². The molecule has 1 aliphatic rings. The second-order valence-electron chi connectivity index (χ2n) is 5.62. The lowest BCUT2D eigenvalue weighted by Gasteiger charge is -2.18. The third-order valence-corrected chi connectivity index (χ3v) is 7.06. The molecule has 1 aliphatic heterocycles. The molecule has 2 atom stereocenters. The molecule has 1 saturated heterocycles. The molecule has 2 rings (SSSR count). The van der Waals surface area contributed by atoms with Gasteiger partial charge >= 0.3 is 0 Å². The molecule has 0 bridgehead atoms. The van der Waals surface area contributed by atoms with Crippen LogP contribution in [0.2, 0.25) is 0 Å². The fraction of sp³-hybridized carbons (Fsp3) is 0.600. The summed E-state index contributed by atoms with van der Waals surface area (Å²) in [6.45, 7) is 3.14. The van der Waals surface area contributed by atoms with Crippen molar-refractivity contribution < 1.29 is 8.42 Å². The van der Waals surface area contributed by atoms with E-state index in [4.69, 9.17) is 0 Å². The van der Waals surface area contributed by atoms with Gasteiger partial charge in [-0.25, -0.2) is 12.7 Å². The summed E-state index contributed by atoms with van der Waals surface area (Å²) in [5, 5.41) is 4.26. The van der Waals surface area contributed by atoms with Crippen LogP contribution in [-0.2, 0) is 10.0 Å². The van der Waals surface area contributed by atoms with Gasteiger partial charge in [0.1, 0.15) is 0 Å². The molecule has 1 heterocycles. The van der Waals surface area contributed by atoms with Crippen LogP contribution in [0.3, 0.4) is 0 Å². The quantitative estimate of drug-likeness (QED) is 0.871. The van der Waals surface area contributed by atoms with Gasteiger partial charge in [-0.15, -0.1) is 0 Å². The highest BCUT2D eigenvalue weighted by molar-refractivity contribution is 8.00. The van der Waals surface area contributed by atoms with Gasteiger partial charge in [-0.2, -0.15) is 11.8 Å². The molecule has 1 aromatic carbocycles. The Kier molecular flexibility index (Phi) is 5.71. The Morgan fingerprint density at radius 2 is 2.00 bits per heavy atom. The Labute approximate surface area is 132 Å². The molecule has 0 aliphatic carbocycles. The second kappa shape index (κ2) is 7.13. The Balaban J connectivity index is 1.97. The first kappa shape index (κ1) is 16.8. The summed E-state index contributed by atoms with van der Waals surface area (Å²) in [6.07, 6.45) is 2.62. The van der Waals surface area contributed by atoms with Crippen LogP contribution in [0.4, 0.5) is 0 Å². The minimum atomic E-state index is -3.34. The number of thioether (sulfide) groups is 1. The SMILES string of the molecule is CC(NCC1CCCS1)c1ccc(S(=O)(=O)N(C)C)cc1. The van der Waals surface area contributed by atoms with Crippen LogP contribution in [0.15, 0.2) is 29.2 Å². The van der Waals surface area contributed by atoms with E-state index in [0.717, 1.165) is 17.4 Å². The van der Waals surface area contributed by atoms with Crippen LogP contribution in [0.5, 0.6) is 0 Å². The van der Waals surface area contributed by atoms with Crippen LogP contribution in [0.25, 0.3) is 0 Å². The zero-order valence-corrected chi connectivity index (χ0v) is 14.5. The summed E-state index contributed by atoms with van der Waals surface area (Å²) in [4.78, 5) is 0.342. The highest BCUT2D eigenvalue weighted by atomic mass is 32.2. The van der Waals surface area contributed by atoms with E-state index in [2.05, 4.69) is 12.2 Å². The lowest BCUT2D eigenvalue weighted by molar-refractivity contribution is 0.520. The van der Waals surface area contributed by atoms with Gasteiger partial charge in [0.25, 0.3) is 0 Å². The smallest absolute Gasteiger partial charge is 0.242 e. The number of nitrogens with one attached hydrogen (secondary N) is 1. The van der Waals surface area contributed by atoms with Crippen LogP contribution in [-0.4, -0.2) is 44.4 Å². The summed E-state index contributed by atoms with van der Waals surface area (Å²) in [5.74, 6) is 1.28. The van der Waals surface area contributed by atoms with E-state index in [1.807, 2.05) is 23.9 Å². The summed E-state index contributed by atoms with van der Waals surface area (Å²) in [5.41, 5.74) is 1.12. The first-order valence-corrected chi connectivity index (χ1v) is 9.77. The number of nitrogens with zero attached hydrogens (tertiary/aromatic N) is 1. The number of rotatable bonds is 6. The zero-order valence-electron chi connectivity index (χ0n) is 12.9. The molecule has 21 heavy (non-hydrogen) atoms. The van der Waals surface area contributed by atoms with Crippen molar-refractivity contribution in [3.63, 3.8) is 0 Å². The maximum atomic E-state index is 12.0. The van der Waals surface area contributed by atoms with E-state index >= 15 is 0 Å². The van der Waals surface area contributed by atoms with Crippen molar-refractivity contribution >= 4 is 21.8 Å². The standard InChI is InChI=1S/C15H24N2O2S2/c1-12(16-11-14-5-4-10-20-14)13-6-8-15(9-7-13)21(18,19)17(2)3/h6-9,12,14,16H,4-5,10-11H2,1-3H3. The fourth-order valence-electron chi connectivity index (χ4n) is 2.37. The predicted octanol–water partition coefficient (Wildman–Crippen LogP) is 2.48. The van der Waals surface area contributed by atoms with Gasteiger partial charge in [0.2, 0.25) is 10.0 Å². The molecular formula is C15H24N2O2S2. The zero-order chi connectivity index (χ0) is 15.5. The molecule has 4 nitrogen and oxygen atoms in total. The lowest BCUT2D eigenvalue weighted by Crippen LogP contribution is -2.26. The summed E-state index contributed by atoms with van der Waals surface area (Å²) in [6, 6.07) is 7.41. The molecule has 6 heteroatoms. The average molecular weight is 329 g/mol. The molecule has 1 aromatic rings. The first-order chi connectivity index (χ1) is 9.91. The number of hydrogen-bond donors (Lipinski definition) is 1. The summed E-state index contributed by atoms with van der Waals surface area (Å²) < 4.78 is 25.3. The molecule has 0 spiro atoms. The Morgan fingerprint density at radius 3 is 2.52 bits per heavy atom. The van der Waals surface area contributed by atoms with Crippen LogP contribution in [0.1, 0.15) is 31.4 Å². The monoisotopic (exact) mass is 328 g/mol. The largest absolute Gasteiger partial charge is 0.309 e. The van der Waals surface area contributed by atoms with Gasteiger partial charge in [0.05, 0.1) is 4.90 Å². The minimum absolute atomic E-state index is 0.238. The minimum Gasteiger partial charge on any atom is -0.309 e. The van der Waals surface area contributed by atoms with Gasteiger partial charge in [0.15, 0.2) is 0 Å². The molecule has 0 amide bonds. The maximum absolute atomic E-state index is 12.0. The van der Waals surface area contributed by atoms with Crippen molar-refractivity contribution in [2.24, 2.45) is 0 Å². The number of sulfonamides is 1. The van der Waals surface area contributed by atoms with Gasteiger partial charge in [-0.3, -0.25) is 0 Å². The Morgan fingerprint density at radius 1 is 1.33 bits per heavy atom. The van der Waals surface area contributed by atoms with Crippen LogP contribution < -0.4 is 5.32 Å². The number of hydrogen-bond acceptors (Lipinski definition) is 4. The molecule has 118 valence electrons. The molecule has 0 radical (unpaired) electrons. The highest BCUT2D eigenvalue weighted by Gasteiger charge is 2.18. The van der Waals surface area contributed by atoms with Gasteiger partial charge < -0.3 is 5.32 Å². The van der Waals surface area contributed by atoms with E-state index in [1.165, 1.54) is 22.9 Å². The molecule has 0 saturated carbocycles. The fourth-order valence-corrected chi connectivity index (χ4v) is 4.49. The van der Waals surface area contributed by atoms with Crippen LogP contribution >= 0.6 is 11.8 Å². The van der Waals surface area contributed by atoms with Crippen molar-refractivity contribution in [2.75, 3.05) is 26.4 Å². The lowest BCUT2D eigenvalue weighted by atomic mass is 10.1. The van der Waals surface area contributed by atoms with Crippen molar-refractivity contribution in [3.8, 4) is 0 Å². The van der Waals surface area contributed by atoms with Gasteiger partial charge in [-0.1, -0.05) is 12.1 Å². The molecule has 1 fully saturated rings. The molecule has 2 unspecified atom stereocenters. The van der Waals surface area contributed by atoms with E-state index in [-0.39, 0.29) is 6.04 Å². The molecule has 1 N–H and O–H groups in total. The van der Waals surface area contributed by atoms with E-state index in [1.54, 1.807) is 26.2 Å². The third-order valence-electron chi connectivity index (χ3n) is 3.83. The molecular weight excluding hydrogens is 304 g/mol. The van der Waals surface area contributed by atoms with Crippen molar-refractivity contribution in [2.45, 2.75) is 36.0 Å².